The average Bonchev–Trinajstić information content (AvgIpc) is 2.68. The van der Waals surface area contributed by atoms with Crippen LogP contribution in [0, 0.1) is 5.92 Å². The smallest absolute Gasteiger partial charge is 0.410 e. The zero-order chi connectivity index (χ0) is 20.6. The average molecular weight is 406 g/mol. The molecule has 0 aromatic heterocycles. The van der Waals surface area contributed by atoms with Gasteiger partial charge in [0.25, 0.3) is 0 Å². The van der Waals surface area contributed by atoms with Crippen LogP contribution in [-0.4, -0.2) is 25.1 Å². The first-order valence-corrected chi connectivity index (χ1v) is 14.3. The largest absolute Gasteiger partial charge is 0.416 e. The Labute approximate surface area is 175 Å². The molecule has 4 unspecified atom stereocenters. The van der Waals surface area contributed by atoms with Gasteiger partial charge in [0.05, 0.1) is 6.04 Å². The summed E-state index contributed by atoms with van der Waals surface area (Å²) in [6.07, 6.45) is 3.55. The molecule has 1 amide bonds. The van der Waals surface area contributed by atoms with Crippen LogP contribution < -0.4 is 4.74 Å². The zero-order valence-corrected chi connectivity index (χ0v) is 18.7. The lowest BCUT2D eigenvalue weighted by molar-refractivity contribution is 0.0285. The number of benzene rings is 2. The van der Waals surface area contributed by atoms with E-state index in [1.165, 1.54) is 17.2 Å². The highest BCUT2D eigenvalue weighted by molar-refractivity contribution is 6.76. The Bertz CT molecular complexity index is 889. The number of para-hydroxylation sites is 1. The summed E-state index contributed by atoms with van der Waals surface area (Å²) >= 11 is 0. The molecule has 3 aliphatic rings. The number of piperidine rings is 1. The number of amides is 1. The quantitative estimate of drug-likeness (QED) is 0.413. The van der Waals surface area contributed by atoms with Gasteiger partial charge in [-0.1, -0.05) is 74.2 Å². The maximum Gasteiger partial charge on any atom is 0.416 e. The van der Waals surface area contributed by atoms with E-state index in [0.29, 0.717) is 17.6 Å². The number of hydrogen-bond donors (Lipinski definition) is 0. The van der Waals surface area contributed by atoms with E-state index in [-0.39, 0.29) is 18.2 Å². The van der Waals surface area contributed by atoms with Crippen molar-refractivity contribution in [2.24, 2.45) is 5.92 Å². The van der Waals surface area contributed by atoms with Crippen LogP contribution in [0.2, 0.25) is 25.7 Å². The van der Waals surface area contributed by atoms with Gasteiger partial charge in [-0.05, 0) is 42.0 Å². The second-order valence-corrected chi connectivity index (χ2v) is 15.1. The molecule has 29 heavy (non-hydrogen) atoms. The molecule has 2 bridgehead atoms. The molecule has 1 aliphatic carbocycles. The predicted octanol–water partition coefficient (Wildman–Crippen LogP) is 6.63. The molecule has 2 aromatic carbocycles. The Hall–Kier alpha value is -2.33. The number of carbonyl (C=O) groups excluding carboxylic acids is 1. The summed E-state index contributed by atoms with van der Waals surface area (Å²) < 4.78 is 5.80. The molecular weight excluding hydrogens is 374 g/mol. The number of ether oxygens (including phenoxy) is 1. The number of rotatable bonds is 5. The fraction of sp³-hybridized carbons (Fsp3) is 0.400. The standard InChI is InChI=1S/C25H31NO2Si/c1-5-11-22-24-18(17-29(2,3)4)16-23(20-14-9-10-15-21(20)24)26(22)25(27)28-19-12-7-6-8-13-19/h5-10,12-15,18,22-24H,1,11,16-17H2,2-4H3. The van der Waals surface area contributed by atoms with Crippen molar-refractivity contribution >= 4 is 14.2 Å². The molecule has 3 nitrogen and oxygen atoms in total. The highest BCUT2D eigenvalue weighted by atomic mass is 28.3. The fourth-order valence-corrected chi connectivity index (χ4v) is 7.45. The number of carbonyl (C=O) groups is 1. The number of fused-ring (bicyclic) bond motifs is 2. The number of nitrogens with zero attached hydrogens (tertiary/aromatic N) is 1. The molecule has 0 spiro atoms. The van der Waals surface area contributed by atoms with E-state index >= 15 is 0 Å². The fourth-order valence-electron chi connectivity index (χ4n) is 5.45. The monoisotopic (exact) mass is 405 g/mol. The van der Waals surface area contributed by atoms with Crippen LogP contribution in [0.25, 0.3) is 0 Å². The van der Waals surface area contributed by atoms with Crippen molar-refractivity contribution in [2.75, 3.05) is 0 Å². The molecule has 0 radical (unpaired) electrons. The van der Waals surface area contributed by atoms with Crippen LogP contribution >= 0.6 is 0 Å². The Morgan fingerprint density at radius 2 is 1.76 bits per heavy atom. The molecule has 152 valence electrons. The third kappa shape index (κ3) is 3.91. The third-order valence-electron chi connectivity index (χ3n) is 6.30. The highest BCUT2D eigenvalue weighted by Crippen LogP contribution is 2.56. The van der Waals surface area contributed by atoms with Gasteiger partial charge < -0.3 is 4.74 Å². The molecule has 2 aromatic rings. The lowest BCUT2D eigenvalue weighted by atomic mass is 9.64. The van der Waals surface area contributed by atoms with Crippen molar-refractivity contribution in [2.45, 2.75) is 56.5 Å². The maximum atomic E-state index is 13.3. The summed E-state index contributed by atoms with van der Waals surface area (Å²) in [5, 5.41) is 0. The van der Waals surface area contributed by atoms with Crippen LogP contribution in [0.4, 0.5) is 4.79 Å². The molecule has 1 fully saturated rings. The van der Waals surface area contributed by atoms with E-state index in [9.17, 15) is 4.79 Å². The predicted molar refractivity (Wildman–Crippen MR) is 121 cm³/mol. The van der Waals surface area contributed by atoms with Crippen LogP contribution in [0.5, 0.6) is 5.75 Å². The van der Waals surface area contributed by atoms with Gasteiger partial charge in [0.2, 0.25) is 0 Å². The second kappa shape index (κ2) is 7.83. The van der Waals surface area contributed by atoms with Gasteiger partial charge in [0.1, 0.15) is 5.75 Å². The van der Waals surface area contributed by atoms with Gasteiger partial charge in [-0.25, -0.2) is 4.79 Å². The molecule has 4 atom stereocenters. The molecular formula is C25H31NO2Si. The minimum absolute atomic E-state index is 0.0821. The van der Waals surface area contributed by atoms with Crippen molar-refractivity contribution in [1.82, 2.24) is 4.90 Å². The van der Waals surface area contributed by atoms with Gasteiger partial charge in [0, 0.05) is 20.0 Å². The molecule has 5 rings (SSSR count). The molecule has 0 N–H and O–H groups in total. The van der Waals surface area contributed by atoms with Crippen molar-refractivity contribution in [3.63, 3.8) is 0 Å². The van der Waals surface area contributed by atoms with Gasteiger partial charge in [0.15, 0.2) is 0 Å². The van der Waals surface area contributed by atoms with Crippen molar-refractivity contribution in [3.8, 4) is 5.75 Å². The summed E-state index contributed by atoms with van der Waals surface area (Å²) in [5.74, 6) is 1.57. The molecule has 0 saturated carbocycles. The molecule has 2 aliphatic heterocycles. The summed E-state index contributed by atoms with van der Waals surface area (Å²) in [4.78, 5) is 15.3. The van der Waals surface area contributed by atoms with Crippen LogP contribution in [0.15, 0.2) is 67.3 Å². The zero-order valence-electron chi connectivity index (χ0n) is 17.7. The van der Waals surface area contributed by atoms with E-state index in [2.05, 4.69) is 50.5 Å². The normalized spacial score (nSPS) is 25.4. The Morgan fingerprint density at radius 3 is 2.41 bits per heavy atom. The summed E-state index contributed by atoms with van der Waals surface area (Å²) in [5.41, 5.74) is 2.73. The SMILES string of the molecule is C=CCC1C2c3ccccc3C(CC2C[Si](C)(C)C)N1C(=O)Oc1ccccc1. The first-order chi connectivity index (χ1) is 13.9. The Morgan fingerprint density at radius 1 is 1.10 bits per heavy atom. The summed E-state index contributed by atoms with van der Waals surface area (Å²) in [6, 6.07) is 19.6. The van der Waals surface area contributed by atoms with Crippen molar-refractivity contribution < 1.29 is 9.53 Å². The van der Waals surface area contributed by atoms with Crippen molar-refractivity contribution in [1.29, 1.82) is 0 Å². The van der Waals surface area contributed by atoms with E-state index in [0.717, 1.165) is 12.8 Å². The first kappa shape index (κ1) is 20.0. The number of hydrogen-bond acceptors (Lipinski definition) is 2. The molecule has 1 saturated heterocycles. The van der Waals surface area contributed by atoms with Crippen LogP contribution in [0.3, 0.4) is 0 Å². The Kier molecular flexibility index (Phi) is 5.39. The first-order valence-electron chi connectivity index (χ1n) is 10.6. The Balaban J connectivity index is 1.72. The van der Waals surface area contributed by atoms with E-state index in [4.69, 9.17) is 4.74 Å². The van der Waals surface area contributed by atoms with Crippen LogP contribution in [0.1, 0.15) is 35.9 Å². The topological polar surface area (TPSA) is 29.5 Å². The van der Waals surface area contributed by atoms with Crippen molar-refractivity contribution in [3.05, 3.63) is 78.4 Å². The minimum atomic E-state index is -1.23. The second-order valence-electron chi connectivity index (χ2n) is 9.61. The van der Waals surface area contributed by atoms with Gasteiger partial charge in [-0.3, -0.25) is 4.90 Å². The molecule has 2 heterocycles. The molecule has 4 heteroatoms. The van der Waals surface area contributed by atoms with Crippen LogP contribution in [-0.2, 0) is 0 Å². The van der Waals surface area contributed by atoms with Gasteiger partial charge in [-0.15, -0.1) is 6.58 Å². The van der Waals surface area contributed by atoms with E-state index in [1.54, 1.807) is 0 Å². The van der Waals surface area contributed by atoms with Gasteiger partial charge in [-0.2, -0.15) is 0 Å². The lowest BCUT2D eigenvalue weighted by Crippen LogP contribution is -2.57. The highest BCUT2D eigenvalue weighted by Gasteiger charge is 2.52. The van der Waals surface area contributed by atoms with Gasteiger partial charge >= 0.3 is 6.09 Å². The summed E-state index contributed by atoms with van der Waals surface area (Å²) in [6.45, 7) is 11.4. The minimum Gasteiger partial charge on any atom is -0.410 e. The third-order valence-corrected chi connectivity index (χ3v) is 8.05. The van der Waals surface area contributed by atoms with E-state index in [1.807, 2.05) is 41.3 Å². The van der Waals surface area contributed by atoms with E-state index < -0.39 is 8.07 Å². The maximum absolute atomic E-state index is 13.3. The summed E-state index contributed by atoms with van der Waals surface area (Å²) in [7, 11) is -1.23. The lowest BCUT2D eigenvalue weighted by Gasteiger charge is -2.55.